The molecule has 1 fully saturated rings. The number of thioether (sulfide) groups is 1. The van der Waals surface area contributed by atoms with E-state index in [1.54, 1.807) is 12.3 Å². The standard InChI is InChI=1S/C12H18N4OS/c1-8-5-11(16-13)10(6-14-8)12(17)15-9-3-2-4-18-7-9/h5-6,9H,2-4,7,13H2,1H3,(H,14,16)(H,15,17). The summed E-state index contributed by atoms with van der Waals surface area (Å²) in [4.78, 5) is 16.3. The van der Waals surface area contributed by atoms with Crippen LogP contribution in [0.25, 0.3) is 0 Å². The molecule has 0 saturated carbocycles. The van der Waals surface area contributed by atoms with Gasteiger partial charge in [0.15, 0.2) is 0 Å². The van der Waals surface area contributed by atoms with E-state index in [9.17, 15) is 4.79 Å². The number of nitrogens with two attached hydrogens (primary N) is 1. The van der Waals surface area contributed by atoms with Gasteiger partial charge in [0.25, 0.3) is 5.91 Å². The van der Waals surface area contributed by atoms with Crippen molar-refractivity contribution in [1.82, 2.24) is 10.3 Å². The number of hydrazine groups is 1. The number of nitrogens with zero attached hydrogens (tertiary/aromatic N) is 1. The third kappa shape index (κ3) is 3.14. The largest absolute Gasteiger partial charge is 0.348 e. The highest BCUT2D eigenvalue weighted by Crippen LogP contribution is 2.19. The minimum absolute atomic E-state index is 0.108. The third-order valence-corrected chi connectivity index (χ3v) is 4.15. The molecule has 2 heterocycles. The topological polar surface area (TPSA) is 80.0 Å². The molecule has 18 heavy (non-hydrogen) atoms. The van der Waals surface area contributed by atoms with E-state index in [-0.39, 0.29) is 11.9 Å². The van der Waals surface area contributed by atoms with Gasteiger partial charge in [-0.15, -0.1) is 0 Å². The Labute approximate surface area is 111 Å². The number of nitrogens with one attached hydrogen (secondary N) is 2. The van der Waals surface area contributed by atoms with E-state index in [1.807, 2.05) is 18.7 Å². The van der Waals surface area contributed by atoms with Crippen LogP contribution in [0.5, 0.6) is 0 Å². The van der Waals surface area contributed by atoms with Crippen LogP contribution in [0.1, 0.15) is 28.9 Å². The number of aryl methyl sites for hydroxylation is 1. The SMILES string of the molecule is Cc1cc(NN)c(C(=O)NC2CCCSC2)cn1. The molecule has 0 radical (unpaired) electrons. The number of nitrogen functional groups attached to an aromatic ring is 1. The molecule has 6 heteroatoms. The highest BCUT2D eigenvalue weighted by molar-refractivity contribution is 7.99. The van der Waals surface area contributed by atoms with E-state index < -0.39 is 0 Å². The number of carbonyl (C=O) groups excluding carboxylic acids is 1. The molecule has 0 aromatic carbocycles. The maximum absolute atomic E-state index is 12.1. The Balaban J connectivity index is 2.08. The zero-order valence-corrected chi connectivity index (χ0v) is 11.2. The molecular formula is C12H18N4OS. The van der Waals surface area contributed by atoms with E-state index in [4.69, 9.17) is 5.84 Å². The van der Waals surface area contributed by atoms with Crippen molar-refractivity contribution in [2.24, 2.45) is 5.84 Å². The van der Waals surface area contributed by atoms with Gasteiger partial charge in [-0.25, -0.2) is 0 Å². The summed E-state index contributed by atoms with van der Waals surface area (Å²) < 4.78 is 0. The summed E-state index contributed by atoms with van der Waals surface area (Å²) in [5.41, 5.74) is 4.49. The lowest BCUT2D eigenvalue weighted by atomic mass is 10.1. The summed E-state index contributed by atoms with van der Waals surface area (Å²) in [7, 11) is 0. The number of amides is 1. The number of carbonyl (C=O) groups is 1. The molecule has 1 aliphatic heterocycles. The van der Waals surface area contributed by atoms with E-state index in [0.29, 0.717) is 11.3 Å². The molecule has 1 unspecified atom stereocenters. The molecule has 2 rings (SSSR count). The van der Waals surface area contributed by atoms with Crippen molar-refractivity contribution in [2.45, 2.75) is 25.8 Å². The van der Waals surface area contributed by atoms with Gasteiger partial charge >= 0.3 is 0 Å². The summed E-state index contributed by atoms with van der Waals surface area (Å²) in [6, 6.07) is 2.02. The van der Waals surface area contributed by atoms with Gasteiger partial charge < -0.3 is 10.7 Å². The molecule has 4 N–H and O–H groups in total. The summed E-state index contributed by atoms with van der Waals surface area (Å²) in [5.74, 6) is 7.49. The lowest BCUT2D eigenvalue weighted by Crippen LogP contribution is -2.38. The van der Waals surface area contributed by atoms with Crippen LogP contribution in [0.2, 0.25) is 0 Å². The Morgan fingerprint density at radius 3 is 3.11 bits per heavy atom. The van der Waals surface area contributed by atoms with E-state index in [1.165, 1.54) is 5.75 Å². The lowest BCUT2D eigenvalue weighted by Gasteiger charge is -2.22. The number of hydrogen-bond donors (Lipinski definition) is 3. The first kappa shape index (κ1) is 13.2. The molecule has 5 nitrogen and oxygen atoms in total. The van der Waals surface area contributed by atoms with Gasteiger partial charge in [0, 0.05) is 23.7 Å². The quantitative estimate of drug-likeness (QED) is 0.567. The molecular weight excluding hydrogens is 248 g/mol. The minimum Gasteiger partial charge on any atom is -0.348 e. The van der Waals surface area contributed by atoms with Gasteiger partial charge in [-0.1, -0.05) is 0 Å². The molecule has 1 aromatic rings. The van der Waals surface area contributed by atoms with Crippen LogP contribution < -0.4 is 16.6 Å². The van der Waals surface area contributed by atoms with Crippen LogP contribution >= 0.6 is 11.8 Å². The van der Waals surface area contributed by atoms with Crippen molar-refractivity contribution in [3.8, 4) is 0 Å². The maximum Gasteiger partial charge on any atom is 0.255 e. The monoisotopic (exact) mass is 266 g/mol. The van der Waals surface area contributed by atoms with Crippen LogP contribution in [0.4, 0.5) is 5.69 Å². The smallest absolute Gasteiger partial charge is 0.255 e. The van der Waals surface area contributed by atoms with E-state index in [0.717, 1.165) is 24.3 Å². The first-order valence-corrected chi connectivity index (χ1v) is 7.18. The predicted molar refractivity (Wildman–Crippen MR) is 74.6 cm³/mol. The zero-order valence-electron chi connectivity index (χ0n) is 10.4. The summed E-state index contributed by atoms with van der Waals surface area (Å²) in [5, 5.41) is 3.03. The Morgan fingerprint density at radius 2 is 2.44 bits per heavy atom. The van der Waals surface area contributed by atoms with Gasteiger partial charge in [0.2, 0.25) is 0 Å². The maximum atomic E-state index is 12.1. The van der Waals surface area contributed by atoms with Crippen molar-refractivity contribution in [1.29, 1.82) is 0 Å². The first-order valence-electron chi connectivity index (χ1n) is 6.02. The van der Waals surface area contributed by atoms with Crippen molar-refractivity contribution in [3.05, 3.63) is 23.5 Å². The number of pyridine rings is 1. The fraction of sp³-hybridized carbons (Fsp3) is 0.500. The van der Waals surface area contributed by atoms with Crippen LogP contribution in [-0.4, -0.2) is 28.4 Å². The second-order valence-electron chi connectivity index (χ2n) is 4.40. The van der Waals surface area contributed by atoms with Crippen molar-refractivity contribution < 1.29 is 4.79 Å². The predicted octanol–water partition coefficient (Wildman–Crippen LogP) is 1.30. The molecule has 0 aliphatic carbocycles. The Kier molecular flexibility index (Phi) is 4.43. The summed E-state index contributed by atoms with van der Waals surface area (Å²) in [6.07, 6.45) is 3.77. The second-order valence-corrected chi connectivity index (χ2v) is 5.55. The van der Waals surface area contributed by atoms with Gasteiger partial charge in [-0.3, -0.25) is 15.6 Å². The number of hydrogen-bond acceptors (Lipinski definition) is 5. The van der Waals surface area contributed by atoms with Crippen molar-refractivity contribution in [2.75, 3.05) is 16.9 Å². The lowest BCUT2D eigenvalue weighted by molar-refractivity contribution is 0.0939. The van der Waals surface area contributed by atoms with Gasteiger partial charge in [-0.05, 0) is 31.6 Å². The molecule has 1 aromatic heterocycles. The van der Waals surface area contributed by atoms with E-state index in [2.05, 4.69) is 15.7 Å². The number of anilines is 1. The Bertz CT molecular complexity index is 432. The normalized spacial score (nSPS) is 19.3. The van der Waals surface area contributed by atoms with Crippen LogP contribution in [-0.2, 0) is 0 Å². The van der Waals surface area contributed by atoms with Crippen LogP contribution in [0.15, 0.2) is 12.3 Å². The summed E-state index contributed by atoms with van der Waals surface area (Å²) >= 11 is 1.88. The number of rotatable bonds is 3. The minimum atomic E-state index is -0.108. The van der Waals surface area contributed by atoms with Crippen LogP contribution in [0.3, 0.4) is 0 Å². The van der Waals surface area contributed by atoms with Crippen molar-refractivity contribution in [3.63, 3.8) is 0 Å². The zero-order chi connectivity index (χ0) is 13.0. The molecule has 1 saturated heterocycles. The van der Waals surface area contributed by atoms with Crippen molar-refractivity contribution >= 4 is 23.4 Å². The average Bonchev–Trinajstić information content (AvgIpc) is 2.39. The second kappa shape index (κ2) is 6.06. The third-order valence-electron chi connectivity index (χ3n) is 2.94. The molecule has 0 bridgehead atoms. The van der Waals surface area contributed by atoms with Gasteiger partial charge in [0.1, 0.15) is 0 Å². The van der Waals surface area contributed by atoms with E-state index >= 15 is 0 Å². The number of aromatic nitrogens is 1. The Morgan fingerprint density at radius 1 is 1.61 bits per heavy atom. The fourth-order valence-electron chi connectivity index (χ4n) is 1.98. The molecule has 0 spiro atoms. The highest BCUT2D eigenvalue weighted by Gasteiger charge is 2.19. The summed E-state index contributed by atoms with van der Waals surface area (Å²) in [6.45, 7) is 1.86. The molecule has 98 valence electrons. The van der Waals surface area contributed by atoms with Gasteiger partial charge in [-0.2, -0.15) is 11.8 Å². The van der Waals surface area contributed by atoms with Crippen LogP contribution in [0, 0.1) is 6.92 Å². The first-order chi connectivity index (χ1) is 8.70. The Hall–Kier alpha value is -1.27. The van der Waals surface area contributed by atoms with Gasteiger partial charge in [0.05, 0.1) is 11.3 Å². The fourth-order valence-corrected chi connectivity index (χ4v) is 3.05. The highest BCUT2D eigenvalue weighted by atomic mass is 32.2. The average molecular weight is 266 g/mol. The molecule has 1 amide bonds. The molecule has 1 atom stereocenters. The molecule has 1 aliphatic rings.